The average molecular weight is 342 g/mol. The van der Waals surface area contributed by atoms with Crippen LogP contribution in [-0.4, -0.2) is 27.4 Å². The van der Waals surface area contributed by atoms with Crippen LogP contribution < -0.4 is 5.73 Å². The summed E-state index contributed by atoms with van der Waals surface area (Å²) in [5.41, 5.74) is 7.47. The third kappa shape index (κ3) is 2.49. The van der Waals surface area contributed by atoms with E-state index >= 15 is 0 Å². The van der Waals surface area contributed by atoms with E-state index in [2.05, 4.69) is 5.10 Å². The third-order valence-corrected chi connectivity index (χ3v) is 3.81. The van der Waals surface area contributed by atoms with Gasteiger partial charge in [0.25, 0.3) is 0 Å². The molecule has 120 valence electrons. The molecule has 2 aromatic heterocycles. The van der Waals surface area contributed by atoms with Gasteiger partial charge in [0.15, 0.2) is 5.69 Å². The molecule has 0 saturated heterocycles. The largest absolute Gasteiger partial charge is 0.464 e. The number of nitriles is 1. The first kappa shape index (κ1) is 15.6. The average Bonchev–Trinajstić information content (AvgIpc) is 3.21. The number of aromatic nitrogens is 3. The highest BCUT2D eigenvalue weighted by Crippen LogP contribution is 2.28. The maximum absolute atomic E-state index is 12.0. The summed E-state index contributed by atoms with van der Waals surface area (Å²) in [7, 11) is 1.25. The van der Waals surface area contributed by atoms with E-state index in [0.29, 0.717) is 16.4 Å². The predicted molar refractivity (Wildman–Crippen MR) is 88.4 cm³/mol. The maximum Gasteiger partial charge on any atom is 0.357 e. The van der Waals surface area contributed by atoms with Crippen LogP contribution in [0.3, 0.4) is 0 Å². The number of rotatable bonds is 3. The molecule has 7 nitrogen and oxygen atoms in total. The van der Waals surface area contributed by atoms with Crippen LogP contribution in [0.25, 0.3) is 11.4 Å². The Morgan fingerprint density at radius 1 is 1.46 bits per heavy atom. The summed E-state index contributed by atoms with van der Waals surface area (Å²) in [4.78, 5) is 12.0. The van der Waals surface area contributed by atoms with Crippen LogP contribution in [0.5, 0.6) is 0 Å². The van der Waals surface area contributed by atoms with Crippen LogP contribution in [0.2, 0.25) is 5.02 Å². The number of nitrogen functional groups attached to an aromatic ring is 1. The van der Waals surface area contributed by atoms with Crippen molar-refractivity contribution < 1.29 is 9.53 Å². The third-order valence-electron chi connectivity index (χ3n) is 3.50. The summed E-state index contributed by atoms with van der Waals surface area (Å²) >= 11 is 6.33. The number of halogens is 1. The minimum Gasteiger partial charge on any atom is -0.464 e. The molecule has 8 heteroatoms. The monoisotopic (exact) mass is 341 g/mol. The van der Waals surface area contributed by atoms with E-state index in [0.717, 1.165) is 0 Å². The molecule has 0 amide bonds. The molecule has 0 radical (unpaired) electrons. The molecule has 0 bridgehead atoms. The van der Waals surface area contributed by atoms with Crippen LogP contribution in [-0.2, 0) is 4.74 Å². The second-order valence-corrected chi connectivity index (χ2v) is 5.27. The Labute approximate surface area is 142 Å². The molecule has 2 heterocycles. The number of carbonyl (C=O) groups is 1. The quantitative estimate of drug-likeness (QED) is 0.738. The second kappa shape index (κ2) is 6.10. The van der Waals surface area contributed by atoms with Crippen LogP contribution >= 0.6 is 11.6 Å². The van der Waals surface area contributed by atoms with Crippen molar-refractivity contribution in [2.45, 2.75) is 0 Å². The lowest BCUT2D eigenvalue weighted by Crippen LogP contribution is -2.11. The van der Waals surface area contributed by atoms with Gasteiger partial charge < -0.3 is 15.0 Å². The maximum atomic E-state index is 12.0. The molecule has 0 aliphatic heterocycles. The fourth-order valence-corrected chi connectivity index (χ4v) is 2.62. The van der Waals surface area contributed by atoms with Gasteiger partial charge in [-0.1, -0.05) is 11.6 Å². The van der Waals surface area contributed by atoms with Crippen LogP contribution in [0, 0.1) is 11.3 Å². The van der Waals surface area contributed by atoms with Gasteiger partial charge in [0, 0.05) is 24.3 Å². The van der Waals surface area contributed by atoms with Gasteiger partial charge in [0.05, 0.1) is 29.1 Å². The lowest BCUT2D eigenvalue weighted by atomic mass is 10.2. The molecule has 0 aliphatic rings. The van der Waals surface area contributed by atoms with Gasteiger partial charge in [-0.15, -0.1) is 0 Å². The van der Waals surface area contributed by atoms with Gasteiger partial charge in [-0.05, 0) is 24.3 Å². The summed E-state index contributed by atoms with van der Waals surface area (Å²) in [5, 5.41) is 13.7. The summed E-state index contributed by atoms with van der Waals surface area (Å²) in [6.07, 6.45) is 4.88. The van der Waals surface area contributed by atoms with Crippen molar-refractivity contribution in [2.75, 3.05) is 12.8 Å². The molecule has 1 aromatic carbocycles. The number of nitrogens with two attached hydrogens (primary N) is 1. The van der Waals surface area contributed by atoms with Gasteiger partial charge in [-0.25, -0.2) is 9.48 Å². The fourth-order valence-electron chi connectivity index (χ4n) is 2.36. The molecule has 0 unspecified atom stereocenters. The number of ether oxygens (including phenoxy) is 1. The van der Waals surface area contributed by atoms with Crippen molar-refractivity contribution >= 4 is 23.3 Å². The molecular weight excluding hydrogens is 330 g/mol. The first-order valence-corrected chi connectivity index (χ1v) is 7.23. The molecule has 0 saturated carbocycles. The van der Waals surface area contributed by atoms with Gasteiger partial charge >= 0.3 is 5.97 Å². The Hall–Kier alpha value is -3.24. The molecule has 24 heavy (non-hydrogen) atoms. The van der Waals surface area contributed by atoms with Crippen molar-refractivity contribution in [1.82, 2.24) is 14.3 Å². The van der Waals surface area contributed by atoms with Gasteiger partial charge in [-0.2, -0.15) is 10.4 Å². The van der Waals surface area contributed by atoms with Crippen molar-refractivity contribution in [3.8, 4) is 17.4 Å². The van der Waals surface area contributed by atoms with E-state index in [-0.39, 0.29) is 16.9 Å². The predicted octanol–water partition coefficient (Wildman–Crippen LogP) is 2.56. The van der Waals surface area contributed by atoms with Crippen LogP contribution in [0.4, 0.5) is 5.69 Å². The van der Waals surface area contributed by atoms with Crippen molar-refractivity contribution in [1.29, 1.82) is 5.26 Å². The SMILES string of the molecule is COC(=O)c1c(N)c(C#N)cn1-c1ccc(-n2cccn2)c(Cl)c1. The lowest BCUT2D eigenvalue weighted by molar-refractivity contribution is 0.0593. The van der Waals surface area contributed by atoms with Gasteiger partial charge in [-0.3, -0.25) is 0 Å². The molecule has 2 N–H and O–H groups in total. The number of anilines is 1. The minimum atomic E-state index is -0.638. The minimum absolute atomic E-state index is 0.0663. The number of hydrogen-bond acceptors (Lipinski definition) is 5. The Bertz CT molecular complexity index is 954. The Morgan fingerprint density at radius 2 is 2.25 bits per heavy atom. The smallest absolute Gasteiger partial charge is 0.357 e. The number of hydrogen-bond donors (Lipinski definition) is 1. The number of nitrogens with zero attached hydrogens (tertiary/aromatic N) is 4. The van der Waals surface area contributed by atoms with E-state index in [9.17, 15) is 4.79 Å². The molecule has 0 aliphatic carbocycles. The summed E-state index contributed by atoms with van der Waals surface area (Å²) in [5.74, 6) is -0.638. The number of benzene rings is 1. The zero-order valence-corrected chi connectivity index (χ0v) is 13.4. The molecule has 0 fully saturated rings. The number of carbonyl (C=O) groups excluding carboxylic acids is 1. The Kier molecular flexibility index (Phi) is 3.98. The molecule has 0 atom stereocenters. The Balaban J connectivity index is 2.15. The summed E-state index contributed by atoms with van der Waals surface area (Å²) in [6, 6.07) is 8.90. The van der Waals surface area contributed by atoms with Crippen molar-refractivity contribution in [3.05, 3.63) is 59.1 Å². The zero-order valence-electron chi connectivity index (χ0n) is 12.6. The summed E-state index contributed by atoms with van der Waals surface area (Å²) < 4.78 is 7.86. The highest BCUT2D eigenvalue weighted by Gasteiger charge is 2.22. The zero-order chi connectivity index (χ0) is 17.3. The van der Waals surface area contributed by atoms with E-state index in [4.69, 9.17) is 27.3 Å². The van der Waals surface area contributed by atoms with Gasteiger partial charge in [0.1, 0.15) is 6.07 Å². The van der Waals surface area contributed by atoms with Crippen LogP contribution in [0.15, 0.2) is 42.9 Å². The normalized spacial score (nSPS) is 10.4. The number of esters is 1. The molecule has 0 spiro atoms. The highest BCUT2D eigenvalue weighted by atomic mass is 35.5. The van der Waals surface area contributed by atoms with E-state index in [1.54, 1.807) is 41.3 Å². The molecular formula is C16H12ClN5O2. The lowest BCUT2D eigenvalue weighted by Gasteiger charge is -2.11. The van der Waals surface area contributed by atoms with E-state index in [1.807, 2.05) is 6.07 Å². The van der Waals surface area contributed by atoms with Crippen molar-refractivity contribution in [2.24, 2.45) is 0 Å². The highest BCUT2D eigenvalue weighted by molar-refractivity contribution is 6.32. The first-order chi connectivity index (χ1) is 11.6. The first-order valence-electron chi connectivity index (χ1n) is 6.86. The Morgan fingerprint density at radius 3 is 2.83 bits per heavy atom. The molecule has 3 rings (SSSR count). The number of methoxy groups -OCH3 is 1. The fraction of sp³-hybridized carbons (Fsp3) is 0.0625. The van der Waals surface area contributed by atoms with E-state index in [1.165, 1.54) is 17.9 Å². The standard InChI is InChI=1S/C16H12ClN5O2/c1-24-16(23)15-14(19)10(8-18)9-21(15)11-3-4-13(12(17)7-11)22-6-2-5-20-22/h2-7,9H,19H2,1H3. The second-order valence-electron chi connectivity index (χ2n) is 4.86. The molecule has 3 aromatic rings. The van der Waals surface area contributed by atoms with Crippen LogP contribution in [0.1, 0.15) is 16.1 Å². The summed E-state index contributed by atoms with van der Waals surface area (Å²) in [6.45, 7) is 0. The van der Waals surface area contributed by atoms with Gasteiger partial charge in [0.2, 0.25) is 0 Å². The van der Waals surface area contributed by atoms with E-state index < -0.39 is 5.97 Å². The topological polar surface area (TPSA) is 98.9 Å². The van der Waals surface area contributed by atoms with Crippen molar-refractivity contribution in [3.63, 3.8) is 0 Å².